The number of imidazole rings is 1. The molecule has 0 atom stereocenters. The summed E-state index contributed by atoms with van der Waals surface area (Å²) in [5.41, 5.74) is 2.59. The van der Waals surface area contributed by atoms with Crippen molar-refractivity contribution in [3.8, 4) is 0 Å². The summed E-state index contributed by atoms with van der Waals surface area (Å²) in [4.78, 5) is 4.30. The summed E-state index contributed by atoms with van der Waals surface area (Å²) in [6, 6.07) is 6.45. The summed E-state index contributed by atoms with van der Waals surface area (Å²) in [7, 11) is 2.03. The number of halogens is 1. The molecule has 0 amide bonds. The molecule has 2 rings (SSSR count). The molecule has 0 spiro atoms. The van der Waals surface area contributed by atoms with Crippen LogP contribution in [-0.4, -0.2) is 16.1 Å². The van der Waals surface area contributed by atoms with Crippen LogP contribution in [-0.2, 0) is 20.0 Å². The van der Waals surface area contributed by atoms with Gasteiger partial charge < -0.3 is 9.88 Å². The van der Waals surface area contributed by atoms with Gasteiger partial charge in [0.15, 0.2) is 0 Å². The van der Waals surface area contributed by atoms with Gasteiger partial charge in [-0.3, -0.25) is 0 Å². The van der Waals surface area contributed by atoms with Crippen molar-refractivity contribution >= 4 is 15.9 Å². The first-order valence-corrected chi connectivity index (χ1v) is 6.88. The Balaban J connectivity index is 1.78. The highest BCUT2D eigenvalue weighted by atomic mass is 79.9. The van der Waals surface area contributed by atoms with Gasteiger partial charge in [-0.1, -0.05) is 28.1 Å². The molecule has 1 heterocycles. The zero-order valence-electron chi connectivity index (χ0n) is 10.8. The predicted octanol–water partition coefficient (Wildman–Crippen LogP) is 2.82. The summed E-state index contributed by atoms with van der Waals surface area (Å²) in [6.45, 7) is 3.96. The van der Waals surface area contributed by atoms with Crippen LogP contribution in [0, 0.1) is 6.92 Å². The molecular formula is C14H18BrN3. The standard InChI is InChI=1S/C14H18BrN3/c1-11-9-12(3-4-13(11)15)10-16-6-5-14-17-7-8-18(14)2/h3-4,7-9,16H,5-6,10H2,1-2H3. The smallest absolute Gasteiger partial charge is 0.109 e. The number of nitrogens with zero attached hydrogens (tertiary/aromatic N) is 2. The first-order chi connectivity index (χ1) is 8.66. The molecule has 0 saturated carbocycles. The fourth-order valence-corrected chi connectivity index (χ4v) is 2.13. The van der Waals surface area contributed by atoms with E-state index in [4.69, 9.17) is 0 Å². The van der Waals surface area contributed by atoms with Crippen LogP contribution < -0.4 is 5.32 Å². The second-order valence-corrected chi connectivity index (χ2v) is 5.32. The minimum Gasteiger partial charge on any atom is -0.338 e. The van der Waals surface area contributed by atoms with Crippen molar-refractivity contribution < 1.29 is 0 Å². The number of aromatic nitrogens is 2. The number of hydrogen-bond acceptors (Lipinski definition) is 2. The molecule has 1 aromatic carbocycles. The monoisotopic (exact) mass is 307 g/mol. The van der Waals surface area contributed by atoms with Crippen LogP contribution in [0.25, 0.3) is 0 Å². The molecule has 0 saturated heterocycles. The molecule has 0 unspecified atom stereocenters. The minimum absolute atomic E-state index is 0.901. The van der Waals surface area contributed by atoms with Crippen LogP contribution in [0.4, 0.5) is 0 Å². The number of hydrogen-bond donors (Lipinski definition) is 1. The normalized spacial score (nSPS) is 10.8. The van der Waals surface area contributed by atoms with Gasteiger partial charge in [0.1, 0.15) is 5.82 Å². The molecule has 0 bridgehead atoms. The molecule has 1 N–H and O–H groups in total. The summed E-state index contributed by atoms with van der Waals surface area (Å²) in [6.07, 6.45) is 4.78. The lowest BCUT2D eigenvalue weighted by Gasteiger charge is -2.07. The predicted molar refractivity (Wildman–Crippen MR) is 77.5 cm³/mol. The first-order valence-electron chi connectivity index (χ1n) is 6.09. The van der Waals surface area contributed by atoms with Crippen LogP contribution in [0.15, 0.2) is 35.1 Å². The highest BCUT2D eigenvalue weighted by Gasteiger charge is 2.00. The third kappa shape index (κ3) is 3.43. The van der Waals surface area contributed by atoms with E-state index in [1.165, 1.54) is 15.6 Å². The Bertz CT molecular complexity index is 520. The molecule has 0 aliphatic carbocycles. The second kappa shape index (κ2) is 6.16. The van der Waals surface area contributed by atoms with E-state index in [0.717, 1.165) is 25.3 Å². The Kier molecular flexibility index (Phi) is 4.55. The summed E-state index contributed by atoms with van der Waals surface area (Å²) in [5.74, 6) is 1.12. The van der Waals surface area contributed by atoms with Crippen molar-refractivity contribution in [2.45, 2.75) is 19.9 Å². The Hall–Kier alpha value is -1.13. The van der Waals surface area contributed by atoms with Gasteiger partial charge in [0, 0.05) is 43.4 Å². The van der Waals surface area contributed by atoms with Crippen LogP contribution >= 0.6 is 15.9 Å². The number of aryl methyl sites for hydroxylation is 2. The Morgan fingerprint density at radius 2 is 2.22 bits per heavy atom. The highest BCUT2D eigenvalue weighted by molar-refractivity contribution is 9.10. The second-order valence-electron chi connectivity index (χ2n) is 4.46. The average molecular weight is 308 g/mol. The van der Waals surface area contributed by atoms with Crippen LogP contribution in [0.1, 0.15) is 17.0 Å². The molecule has 2 aromatic rings. The minimum atomic E-state index is 0.901. The van der Waals surface area contributed by atoms with Gasteiger partial charge in [0.05, 0.1) is 0 Å². The maximum Gasteiger partial charge on any atom is 0.109 e. The SMILES string of the molecule is Cc1cc(CNCCc2nccn2C)ccc1Br. The van der Waals surface area contributed by atoms with E-state index in [1.807, 2.05) is 19.4 Å². The van der Waals surface area contributed by atoms with E-state index in [9.17, 15) is 0 Å². The van der Waals surface area contributed by atoms with E-state index >= 15 is 0 Å². The number of benzene rings is 1. The summed E-state index contributed by atoms with van der Waals surface area (Å²) >= 11 is 3.51. The zero-order chi connectivity index (χ0) is 13.0. The average Bonchev–Trinajstić information content (AvgIpc) is 2.75. The van der Waals surface area contributed by atoms with Crippen LogP contribution in [0.5, 0.6) is 0 Å². The fourth-order valence-electron chi connectivity index (χ4n) is 1.89. The van der Waals surface area contributed by atoms with Crippen molar-refractivity contribution in [2.75, 3.05) is 6.54 Å². The summed E-state index contributed by atoms with van der Waals surface area (Å²) < 4.78 is 3.23. The molecule has 0 fully saturated rings. The van der Waals surface area contributed by atoms with Crippen molar-refractivity contribution in [3.05, 3.63) is 52.0 Å². The third-order valence-electron chi connectivity index (χ3n) is 3.00. The van der Waals surface area contributed by atoms with Gasteiger partial charge in [-0.05, 0) is 24.1 Å². The molecule has 1 aromatic heterocycles. The fraction of sp³-hybridized carbons (Fsp3) is 0.357. The number of rotatable bonds is 5. The van der Waals surface area contributed by atoms with Crippen molar-refractivity contribution in [1.82, 2.24) is 14.9 Å². The summed E-state index contributed by atoms with van der Waals surface area (Å²) in [5, 5.41) is 3.45. The molecule has 0 aliphatic rings. The Morgan fingerprint density at radius 3 is 2.89 bits per heavy atom. The van der Waals surface area contributed by atoms with E-state index in [2.05, 4.69) is 55.9 Å². The molecule has 96 valence electrons. The Labute approximate surface area is 116 Å². The molecule has 0 radical (unpaired) electrons. The van der Waals surface area contributed by atoms with Crippen molar-refractivity contribution in [3.63, 3.8) is 0 Å². The third-order valence-corrected chi connectivity index (χ3v) is 3.89. The van der Waals surface area contributed by atoms with E-state index in [1.54, 1.807) is 0 Å². The topological polar surface area (TPSA) is 29.9 Å². The van der Waals surface area contributed by atoms with E-state index in [0.29, 0.717) is 0 Å². The van der Waals surface area contributed by atoms with E-state index in [-0.39, 0.29) is 0 Å². The van der Waals surface area contributed by atoms with Gasteiger partial charge in [-0.25, -0.2) is 4.98 Å². The molecule has 0 aliphatic heterocycles. The maximum atomic E-state index is 4.30. The maximum absolute atomic E-state index is 4.30. The van der Waals surface area contributed by atoms with Gasteiger partial charge in [-0.2, -0.15) is 0 Å². The van der Waals surface area contributed by atoms with Gasteiger partial charge >= 0.3 is 0 Å². The Morgan fingerprint density at radius 1 is 1.39 bits per heavy atom. The highest BCUT2D eigenvalue weighted by Crippen LogP contribution is 2.16. The first kappa shape index (κ1) is 13.3. The van der Waals surface area contributed by atoms with Crippen LogP contribution in [0.2, 0.25) is 0 Å². The largest absolute Gasteiger partial charge is 0.338 e. The molecule has 18 heavy (non-hydrogen) atoms. The van der Waals surface area contributed by atoms with Crippen LogP contribution in [0.3, 0.4) is 0 Å². The van der Waals surface area contributed by atoms with Gasteiger partial charge in [-0.15, -0.1) is 0 Å². The lowest BCUT2D eigenvalue weighted by molar-refractivity contribution is 0.654. The molecule has 3 nitrogen and oxygen atoms in total. The van der Waals surface area contributed by atoms with Gasteiger partial charge in [0.25, 0.3) is 0 Å². The molecular weight excluding hydrogens is 290 g/mol. The van der Waals surface area contributed by atoms with Gasteiger partial charge in [0.2, 0.25) is 0 Å². The lowest BCUT2D eigenvalue weighted by atomic mass is 10.1. The van der Waals surface area contributed by atoms with E-state index < -0.39 is 0 Å². The number of nitrogens with one attached hydrogen (secondary N) is 1. The van der Waals surface area contributed by atoms with Crippen molar-refractivity contribution in [1.29, 1.82) is 0 Å². The zero-order valence-corrected chi connectivity index (χ0v) is 12.4. The lowest BCUT2D eigenvalue weighted by Crippen LogP contribution is -2.18. The quantitative estimate of drug-likeness (QED) is 0.861. The molecule has 4 heteroatoms. The van der Waals surface area contributed by atoms with Crippen molar-refractivity contribution in [2.24, 2.45) is 7.05 Å².